The number of carbonyl (C=O) groups excluding carboxylic acids is 3. The van der Waals surface area contributed by atoms with Crippen LogP contribution in [0.25, 0.3) is 0 Å². The number of rotatable bonds is 13. The molecular formula is C31H35N2O7P. The molecule has 1 fully saturated rings. The van der Waals surface area contributed by atoms with Crippen molar-refractivity contribution >= 4 is 40.7 Å². The standard InChI is InChI=1S/C31H35N2O7P/c1-21(2)17-26(28(36)31(19-35)20-40-31)32-30(38)27(18-34)33-29(37)22-13-15-25(16-14-22)41(39,23-9-5-3-6-10-23)24-11-7-4-8-12-24/h3-16,21,26-27,34-35H,17-20H2,1-2H3,(H,32,38)(H,33,37). The number of carbonyl (C=O) groups is 3. The predicted molar refractivity (Wildman–Crippen MR) is 156 cm³/mol. The summed E-state index contributed by atoms with van der Waals surface area (Å²) >= 11 is 0. The number of benzene rings is 3. The molecule has 3 atom stereocenters. The first-order valence-corrected chi connectivity index (χ1v) is 15.2. The first-order valence-electron chi connectivity index (χ1n) is 13.5. The highest BCUT2D eigenvalue weighted by Crippen LogP contribution is 2.42. The van der Waals surface area contributed by atoms with Gasteiger partial charge in [0.1, 0.15) is 6.04 Å². The lowest BCUT2D eigenvalue weighted by Gasteiger charge is -2.24. The second-order valence-corrected chi connectivity index (χ2v) is 13.3. The second kappa shape index (κ2) is 12.9. The van der Waals surface area contributed by atoms with Crippen LogP contribution in [0.1, 0.15) is 30.6 Å². The van der Waals surface area contributed by atoms with Crippen molar-refractivity contribution in [1.29, 1.82) is 0 Å². The minimum atomic E-state index is -3.22. The van der Waals surface area contributed by atoms with Gasteiger partial charge in [0, 0.05) is 21.5 Å². The molecule has 216 valence electrons. The van der Waals surface area contributed by atoms with Gasteiger partial charge in [-0.2, -0.15) is 0 Å². The van der Waals surface area contributed by atoms with E-state index >= 15 is 0 Å². The van der Waals surface area contributed by atoms with Crippen molar-refractivity contribution in [2.45, 2.75) is 38.0 Å². The van der Waals surface area contributed by atoms with Gasteiger partial charge in [-0.25, -0.2) is 0 Å². The predicted octanol–water partition coefficient (Wildman–Crippen LogP) is 1.28. The average Bonchev–Trinajstić information content (AvgIpc) is 3.80. The van der Waals surface area contributed by atoms with Crippen LogP contribution in [0.15, 0.2) is 84.9 Å². The molecule has 9 nitrogen and oxygen atoms in total. The quantitative estimate of drug-likeness (QED) is 0.177. The zero-order valence-electron chi connectivity index (χ0n) is 23.0. The summed E-state index contributed by atoms with van der Waals surface area (Å²) in [5.41, 5.74) is -1.11. The number of hydrogen-bond acceptors (Lipinski definition) is 7. The third-order valence-electron chi connectivity index (χ3n) is 7.07. The molecule has 1 heterocycles. The first kappa shape index (κ1) is 30.3. The Hall–Kier alpha value is -3.62. The maximum absolute atomic E-state index is 14.5. The van der Waals surface area contributed by atoms with Crippen LogP contribution in [0.4, 0.5) is 0 Å². The molecule has 1 aliphatic rings. The van der Waals surface area contributed by atoms with E-state index in [-0.39, 0.29) is 18.1 Å². The molecule has 4 rings (SSSR count). The Morgan fingerprint density at radius 3 is 1.78 bits per heavy atom. The molecule has 0 saturated carbocycles. The summed E-state index contributed by atoms with van der Waals surface area (Å²) in [5, 5.41) is 26.4. The molecule has 10 heteroatoms. The van der Waals surface area contributed by atoms with E-state index in [0.717, 1.165) is 0 Å². The van der Waals surface area contributed by atoms with Crippen molar-refractivity contribution in [3.63, 3.8) is 0 Å². The van der Waals surface area contributed by atoms with E-state index in [1.807, 2.05) is 74.5 Å². The van der Waals surface area contributed by atoms with Gasteiger partial charge in [0.2, 0.25) is 5.91 Å². The zero-order chi connectivity index (χ0) is 29.6. The summed E-state index contributed by atoms with van der Waals surface area (Å²) in [5.74, 6) is -1.75. The molecule has 1 saturated heterocycles. The fourth-order valence-electron chi connectivity index (χ4n) is 4.67. The monoisotopic (exact) mass is 578 g/mol. The zero-order valence-corrected chi connectivity index (χ0v) is 23.9. The highest BCUT2D eigenvalue weighted by atomic mass is 31.2. The largest absolute Gasteiger partial charge is 0.394 e. The second-order valence-electron chi connectivity index (χ2n) is 10.5. The SMILES string of the molecule is CC(C)CC(NC(=O)C(CO)NC(=O)c1ccc(P(=O)(c2ccccc2)c2ccccc2)cc1)C(=O)C1(CO)CO1. The van der Waals surface area contributed by atoms with Crippen LogP contribution in [0, 0.1) is 5.92 Å². The Kier molecular flexibility index (Phi) is 9.56. The van der Waals surface area contributed by atoms with E-state index < -0.39 is 55.6 Å². The van der Waals surface area contributed by atoms with Crippen LogP contribution in [-0.4, -0.2) is 65.3 Å². The van der Waals surface area contributed by atoms with Gasteiger partial charge in [-0.05, 0) is 24.5 Å². The van der Waals surface area contributed by atoms with Crippen molar-refractivity contribution < 1.29 is 33.9 Å². The molecule has 0 spiro atoms. The maximum atomic E-state index is 14.5. The number of ether oxygens (including phenoxy) is 1. The maximum Gasteiger partial charge on any atom is 0.251 e. The Morgan fingerprint density at radius 1 is 0.829 bits per heavy atom. The smallest absolute Gasteiger partial charge is 0.251 e. The van der Waals surface area contributed by atoms with Gasteiger partial charge in [0.25, 0.3) is 5.91 Å². The minimum absolute atomic E-state index is 0.0437. The third kappa shape index (κ3) is 6.66. The van der Waals surface area contributed by atoms with E-state index in [0.29, 0.717) is 22.3 Å². The lowest BCUT2D eigenvalue weighted by atomic mass is 9.92. The van der Waals surface area contributed by atoms with Gasteiger partial charge in [-0.15, -0.1) is 0 Å². The molecule has 3 aromatic rings. The van der Waals surface area contributed by atoms with Crippen LogP contribution >= 0.6 is 7.14 Å². The number of ketones is 1. The van der Waals surface area contributed by atoms with Crippen molar-refractivity contribution in [3.8, 4) is 0 Å². The van der Waals surface area contributed by atoms with E-state index in [9.17, 15) is 29.2 Å². The van der Waals surface area contributed by atoms with Gasteiger partial charge in [0.15, 0.2) is 18.5 Å². The topological polar surface area (TPSA) is 145 Å². The first-order chi connectivity index (χ1) is 19.6. The number of amides is 2. The van der Waals surface area contributed by atoms with Crippen molar-refractivity contribution in [1.82, 2.24) is 10.6 Å². The van der Waals surface area contributed by atoms with Gasteiger partial charge >= 0.3 is 0 Å². The van der Waals surface area contributed by atoms with Crippen LogP contribution in [0.5, 0.6) is 0 Å². The van der Waals surface area contributed by atoms with E-state index in [2.05, 4.69) is 10.6 Å². The molecule has 1 aliphatic heterocycles. The summed E-state index contributed by atoms with van der Waals surface area (Å²) in [6.07, 6.45) is 0.298. The molecule has 0 radical (unpaired) electrons. The highest BCUT2D eigenvalue weighted by Gasteiger charge is 2.54. The summed E-state index contributed by atoms with van der Waals surface area (Å²) in [7, 11) is -3.22. The van der Waals surface area contributed by atoms with Gasteiger partial charge < -0.3 is 30.1 Å². The molecular weight excluding hydrogens is 543 g/mol. The number of aliphatic hydroxyl groups excluding tert-OH is 2. The summed E-state index contributed by atoms with van der Waals surface area (Å²) in [6.45, 7) is 2.65. The normalized spacial score (nSPS) is 17.9. The Balaban J connectivity index is 1.50. The van der Waals surface area contributed by atoms with Crippen LogP contribution in [0.2, 0.25) is 0 Å². The van der Waals surface area contributed by atoms with Crippen molar-refractivity contribution in [2.24, 2.45) is 5.92 Å². The Labute approximate surface area is 239 Å². The van der Waals surface area contributed by atoms with E-state index in [4.69, 9.17) is 4.74 Å². The Morgan fingerprint density at radius 2 is 1.34 bits per heavy atom. The van der Waals surface area contributed by atoms with Crippen LogP contribution in [0.3, 0.4) is 0 Å². The molecule has 0 aromatic heterocycles. The lowest BCUT2D eigenvalue weighted by molar-refractivity contribution is -0.133. The fraction of sp³-hybridized carbons (Fsp3) is 0.323. The number of Topliss-reactive ketones (excluding diaryl/α,β-unsaturated/α-hetero) is 1. The van der Waals surface area contributed by atoms with Gasteiger partial charge in [-0.3, -0.25) is 14.4 Å². The van der Waals surface area contributed by atoms with Crippen molar-refractivity contribution in [2.75, 3.05) is 19.8 Å². The number of nitrogens with one attached hydrogen (secondary N) is 2. The molecule has 0 aliphatic carbocycles. The molecule has 3 aromatic carbocycles. The molecule has 4 N–H and O–H groups in total. The number of epoxide rings is 1. The van der Waals surface area contributed by atoms with E-state index in [1.54, 1.807) is 12.1 Å². The molecule has 2 amide bonds. The summed E-state index contributed by atoms with van der Waals surface area (Å²) in [4.78, 5) is 39.0. The van der Waals surface area contributed by atoms with Crippen molar-refractivity contribution in [3.05, 3.63) is 90.5 Å². The van der Waals surface area contributed by atoms with Gasteiger partial charge in [-0.1, -0.05) is 86.6 Å². The molecule has 41 heavy (non-hydrogen) atoms. The summed E-state index contributed by atoms with van der Waals surface area (Å²) < 4.78 is 19.7. The highest BCUT2D eigenvalue weighted by molar-refractivity contribution is 7.85. The molecule has 0 bridgehead atoms. The van der Waals surface area contributed by atoms with Crippen LogP contribution in [-0.2, 0) is 18.9 Å². The summed E-state index contributed by atoms with van der Waals surface area (Å²) in [6, 6.07) is 22.3. The fourth-order valence-corrected chi connectivity index (χ4v) is 7.32. The minimum Gasteiger partial charge on any atom is -0.394 e. The van der Waals surface area contributed by atoms with Crippen LogP contribution < -0.4 is 26.5 Å². The van der Waals surface area contributed by atoms with Gasteiger partial charge in [0.05, 0.1) is 25.9 Å². The number of aliphatic hydroxyl groups is 2. The number of hydrogen-bond donors (Lipinski definition) is 4. The van der Waals surface area contributed by atoms with E-state index in [1.165, 1.54) is 12.1 Å². The average molecular weight is 579 g/mol. The Bertz CT molecular complexity index is 1360. The lowest BCUT2D eigenvalue weighted by Crippen LogP contribution is -2.55. The molecule has 3 unspecified atom stereocenters. The third-order valence-corrected chi connectivity index (χ3v) is 10.2.